The highest BCUT2D eigenvalue weighted by Crippen LogP contribution is 2.25. The van der Waals surface area contributed by atoms with Crippen LogP contribution in [0.1, 0.15) is 39.3 Å². The van der Waals surface area contributed by atoms with Gasteiger partial charge in [-0.2, -0.15) is 0 Å². The molecule has 0 saturated carbocycles. The number of nitrogens with one attached hydrogen (secondary N) is 1. The van der Waals surface area contributed by atoms with Crippen molar-refractivity contribution in [2.24, 2.45) is 5.41 Å². The number of hydrogen-bond acceptors (Lipinski definition) is 4. The van der Waals surface area contributed by atoms with Crippen molar-refractivity contribution in [3.05, 3.63) is 29.6 Å². The Kier molecular flexibility index (Phi) is 6.00. The Balaban J connectivity index is 1.98. The smallest absolute Gasteiger partial charge is 0.146 e. The van der Waals surface area contributed by atoms with Gasteiger partial charge in [0.05, 0.1) is 25.0 Å². The maximum absolute atomic E-state index is 14.4. The molecule has 1 aliphatic heterocycles. The van der Waals surface area contributed by atoms with Crippen LogP contribution in [-0.2, 0) is 4.74 Å². The van der Waals surface area contributed by atoms with E-state index in [9.17, 15) is 9.50 Å². The Morgan fingerprint density at radius 2 is 1.96 bits per heavy atom. The van der Waals surface area contributed by atoms with E-state index >= 15 is 0 Å². The molecule has 1 saturated heterocycles. The van der Waals surface area contributed by atoms with Crippen molar-refractivity contribution >= 4 is 5.69 Å². The van der Waals surface area contributed by atoms with Gasteiger partial charge in [0, 0.05) is 25.7 Å². The molecule has 0 spiro atoms. The maximum atomic E-state index is 14.4. The zero-order valence-electron chi connectivity index (χ0n) is 14.6. The Morgan fingerprint density at radius 3 is 2.52 bits per heavy atom. The zero-order valence-corrected chi connectivity index (χ0v) is 14.6. The van der Waals surface area contributed by atoms with Gasteiger partial charge in [0.1, 0.15) is 5.82 Å². The highest BCUT2D eigenvalue weighted by molar-refractivity contribution is 5.49. The zero-order chi connectivity index (χ0) is 17.0. The summed E-state index contributed by atoms with van der Waals surface area (Å²) in [6.45, 7) is 11.2. The van der Waals surface area contributed by atoms with Crippen molar-refractivity contribution in [2.45, 2.75) is 39.8 Å². The molecule has 0 bridgehead atoms. The van der Waals surface area contributed by atoms with Crippen LogP contribution in [0.4, 0.5) is 10.1 Å². The van der Waals surface area contributed by atoms with Crippen LogP contribution in [0.3, 0.4) is 0 Å². The van der Waals surface area contributed by atoms with Crippen LogP contribution in [0.25, 0.3) is 0 Å². The van der Waals surface area contributed by atoms with Gasteiger partial charge < -0.3 is 20.1 Å². The van der Waals surface area contributed by atoms with Crippen LogP contribution in [-0.4, -0.2) is 44.1 Å². The summed E-state index contributed by atoms with van der Waals surface area (Å²) >= 11 is 0. The average molecular weight is 324 g/mol. The number of hydrogen-bond donors (Lipinski definition) is 2. The van der Waals surface area contributed by atoms with Crippen LogP contribution in [0.2, 0.25) is 0 Å². The molecule has 0 amide bonds. The van der Waals surface area contributed by atoms with E-state index in [-0.39, 0.29) is 17.3 Å². The number of ether oxygens (including phenoxy) is 1. The van der Waals surface area contributed by atoms with Gasteiger partial charge in [-0.15, -0.1) is 0 Å². The van der Waals surface area contributed by atoms with Gasteiger partial charge in [-0.3, -0.25) is 0 Å². The lowest BCUT2D eigenvalue weighted by atomic mass is 9.89. The number of aliphatic hydroxyl groups is 1. The topological polar surface area (TPSA) is 44.7 Å². The number of halogens is 1. The fourth-order valence-electron chi connectivity index (χ4n) is 2.57. The van der Waals surface area contributed by atoms with Gasteiger partial charge in [0.25, 0.3) is 0 Å². The van der Waals surface area contributed by atoms with Gasteiger partial charge in [-0.05, 0) is 30.0 Å². The van der Waals surface area contributed by atoms with E-state index in [4.69, 9.17) is 4.74 Å². The van der Waals surface area contributed by atoms with Crippen molar-refractivity contribution in [3.8, 4) is 0 Å². The third-order valence-electron chi connectivity index (χ3n) is 4.44. The number of anilines is 1. The first-order valence-electron chi connectivity index (χ1n) is 8.32. The van der Waals surface area contributed by atoms with Crippen LogP contribution in [0.5, 0.6) is 0 Å². The first-order chi connectivity index (χ1) is 10.8. The fraction of sp³-hybridized carbons (Fsp3) is 0.667. The second kappa shape index (κ2) is 7.60. The highest BCUT2D eigenvalue weighted by atomic mass is 19.1. The molecular weight excluding hydrogens is 295 g/mol. The number of morpholine rings is 1. The molecule has 1 aromatic carbocycles. The third kappa shape index (κ3) is 4.90. The van der Waals surface area contributed by atoms with Crippen molar-refractivity contribution in [2.75, 3.05) is 37.7 Å². The van der Waals surface area contributed by atoms with E-state index in [1.807, 2.05) is 44.7 Å². The predicted octanol–water partition coefficient (Wildman–Crippen LogP) is 2.72. The van der Waals surface area contributed by atoms with Crippen molar-refractivity contribution in [1.82, 2.24) is 5.32 Å². The Labute approximate surface area is 138 Å². The second-order valence-electron chi connectivity index (χ2n) is 7.32. The van der Waals surface area contributed by atoms with Crippen molar-refractivity contribution in [3.63, 3.8) is 0 Å². The molecule has 5 heteroatoms. The van der Waals surface area contributed by atoms with E-state index in [0.717, 1.165) is 18.7 Å². The largest absolute Gasteiger partial charge is 0.391 e. The maximum Gasteiger partial charge on any atom is 0.146 e. The monoisotopic (exact) mass is 324 g/mol. The van der Waals surface area contributed by atoms with Gasteiger partial charge in [0.2, 0.25) is 0 Å². The highest BCUT2D eigenvalue weighted by Gasteiger charge is 2.23. The molecule has 23 heavy (non-hydrogen) atoms. The van der Waals surface area contributed by atoms with Crippen LogP contribution >= 0.6 is 0 Å². The standard InChI is InChI=1S/C18H29FN2O2/c1-13(20-12-17(22)18(2,3)4)14-5-6-16(15(19)11-14)21-7-9-23-10-8-21/h5-6,11,13,17,20,22H,7-10,12H2,1-4H3. The predicted molar refractivity (Wildman–Crippen MR) is 91.3 cm³/mol. The van der Waals surface area contributed by atoms with E-state index in [2.05, 4.69) is 5.32 Å². The lowest BCUT2D eigenvalue weighted by Crippen LogP contribution is -2.38. The molecule has 1 aliphatic rings. The normalized spacial score (nSPS) is 18.8. The average Bonchev–Trinajstić information content (AvgIpc) is 2.52. The van der Waals surface area contributed by atoms with E-state index in [0.29, 0.717) is 25.4 Å². The van der Waals surface area contributed by atoms with Gasteiger partial charge in [-0.25, -0.2) is 4.39 Å². The minimum Gasteiger partial charge on any atom is -0.391 e. The molecule has 0 aliphatic carbocycles. The first-order valence-corrected chi connectivity index (χ1v) is 8.32. The Morgan fingerprint density at radius 1 is 1.30 bits per heavy atom. The molecule has 0 aromatic heterocycles. The molecule has 2 rings (SSSR count). The molecule has 2 atom stereocenters. The summed E-state index contributed by atoms with van der Waals surface area (Å²) in [5.41, 5.74) is 1.36. The van der Waals surface area contributed by atoms with Crippen LogP contribution in [0.15, 0.2) is 18.2 Å². The van der Waals surface area contributed by atoms with Gasteiger partial charge >= 0.3 is 0 Å². The lowest BCUT2D eigenvalue weighted by molar-refractivity contribution is 0.0609. The molecule has 0 radical (unpaired) electrons. The molecule has 2 N–H and O–H groups in total. The first kappa shape index (κ1) is 18.2. The van der Waals surface area contributed by atoms with Crippen LogP contribution in [0, 0.1) is 11.2 Å². The summed E-state index contributed by atoms with van der Waals surface area (Å²) in [4.78, 5) is 2.02. The summed E-state index contributed by atoms with van der Waals surface area (Å²) < 4.78 is 19.7. The van der Waals surface area contributed by atoms with Crippen LogP contribution < -0.4 is 10.2 Å². The minimum atomic E-state index is -0.442. The minimum absolute atomic E-state index is 0.0137. The Bertz CT molecular complexity index is 510. The molecule has 1 fully saturated rings. The van der Waals surface area contributed by atoms with E-state index < -0.39 is 6.10 Å². The van der Waals surface area contributed by atoms with Crippen molar-refractivity contribution in [1.29, 1.82) is 0 Å². The molecule has 2 unspecified atom stereocenters. The lowest BCUT2D eigenvalue weighted by Gasteiger charge is -2.30. The molecular formula is C18H29FN2O2. The number of rotatable bonds is 5. The van der Waals surface area contributed by atoms with E-state index in [1.165, 1.54) is 0 Å². The SMILES string of the molecule is CC(NCC(O)C(C)(C)C)c1ccc(N2CCOCC2)c(F)c1. The van der Waals surface area contributed by atoms with E-state index in [1.54, 1.807) is 6.07 Å². The molecule has 4 nitrogen and oxygen atoms in total. The van der Waals surface area contributed by atoms with Crippen molar-refractivity contribution < 1.29 is 14.2 Å². The quantitative estimate of drug-likeness (QED) is 0.874. The van der Waals surface area contributed by atoms with Gasteiger partial charge in [-0.1, -0.05) is 26.8 Å². The fourth-order valence-corrected chi connectivity index (χ4v) is 2.57. The summed E-state index contributed by atoms with van der Waals surface area (Å²) in [7, 11) is 0. The second-order valence-corrected chi connectivity index (χ2v) is 7.32. The summed E-state index contributed by atoms with van der Waals surface area (Å²) in [5, 5.41) is 13.4. The summed E-state index contributed by atoms with van der Waals surface area (Å²) in [6.07, 6.45) is -0.442. The number of benzene rings is 1. The third-order valence-corrected chi connectivity index (χ3v) is 4.44. The molecule has 1 aromatic rings. The molecule has 130 valence electrons. The number of aliphatic hydroxyl groups excluding tert-OH is 1. The number of nitrogens with zero attached hydrogens (tertiary/aromatic N) is 1. The summed E-state index contributed by atoms with van der Waals surface area (Å²) in [5.74, 6) is -0.200. The van der Waals surface area contributed by atoms with Gasteiger partial charge in [0.15, 0.2) is 0 Å². The Hall–Kier alpha value is -1.17. The molecule has 1 heterocycles. The summed E-state index contributed by atoms with van der Waals surface area (Å²) in [6, 6.07) is 5.37.